The SMILES string of the molecule is N/C(=N/O)c1ccccc1NC(=O)c1cc(Cl)ccc1F. The average Bonchev–Trinajstić information content (AvgIpc) is 2.49. The molecule has 0 bridgehead atoms. The molecule has 7 heteroatoms. The molecule has 2 aromatic rings. The lowest BCUT2D eigenvalue weighted by Crippen LogP contribution is -2.19. The highest BCUT2D eigenvalue weighted by molar-refractivity contribution is 6.31. The lowest BCUT2D eigenvalue weighted by molar-refractivity contribution is 0.102. The summed E-state index contributed by atoms with van der Waals surface area (Å²) in [4.78, 5) is 12.1. The third-order valence-electron chi connectivity index (χ3n) is 2.73. The molecule has 0 unspecified atom stereocenters. The number of benzene rings is 2. The Morgan fingerprint density at radius 2 is 1.95 bits per heavy atom. The van der Waals surface area contributed by atoms with E-state index in [9.17, 15) is 9.18 Å². The zero-order valence-corrected chi connectivity index (χ0v) is 11.4. The van der Waals surface area contributed by atoms with Gasteiger partial charge in [0.2, 0.25) is 0 Å². The van der Waals surface area contributed by atoms with Crippen molar-refractivity contribution >= 4 is 29.0 Å². The van der Waals surface area contributed by atoms with Crippen LogP contribution in [0, 0.1) is 5.82 Å². The molecular formula is C14H11ClFN3O2. The predicted octanol–water partition coefficient (Wildman–Crippen LogP) is 2.83. The molecule has 0 aromatic heterocycles. The Balaban J connectivity index is 2.34. The van der Waals surface area contributed by atoms with Crippen molar-refractivity contribution in [1.82, 2.24) is 0 Å². The van der Waals surface area contributed by atoms with Crippen LogP contribution in [0.4, 0.5) is 10.1 Å². The fourth-order valence-electron chi connectivity index (χ4n) is 1.73. The fourth-order valence-corrected chi connectivity index (χ4v) is 1.90. The van der Waals surface area contributed by atoms with Crippen LogP contribution in [0.5, 0.6) is 0 Å². The van der Waals surface area contributed by atoms with E-state index in [1.807, 2.05) is 0 Å². The Kier molecular flexibility index (Phi) is 4.39. The highest BCUT2D eigenvalue weighted by atomic mass is 35.5. The third kappa shape index (κ3) is 3.29. The summed E-state index contributed by atoms with van der Waals surface area (Å²) in [7, 11) is 0. The van der Waals surface area contributed by atoms with Gasteiger partial charge in [-0.05, 0) is 30.3 Å². The molecule has 0 spiro atoms. The van der Waals surface area contributed by atoms with E-state index in [1.165, 1.54) is 12.1 Å². The first kappa shape index (κ1) is 14.8. The molecule has 2 aromatic carbocycles. The lowest BCUT2D eigenvalue weighted by Gasteiger charge is -2.10. The van der Waals surface area contributed by atoms with Crippen LogP contribution in [-0.4, -0.2) is 17.0 Å². The van der Waals surface area contributed by atoms with E-state index in [0.717, 1.165) is 6.07 Å². The summed E-state index contributed by atoms with van der Waals surface area (Å²) in [6, 6.07) is 10.1. The lowest BCUT2D eigenvalue weighted by atomic mass is 10.1. The number of anilines is 1. The number of carbonyl (C=O) groups is 1. The Morgan fingerprint density at radius 3 is 2.67 bits per heavy atom. The topological polar surface area (TPSA) is 87.7 Å². The van der Waals surface area contributed by atoms with E-state index in [4.69, 9.17) is 22.5 Å². The van der Waals surface area contributed by atoms with E-state index in [2.05, 4.69) is 10.5 Å². The Bertz CT molecular complexity index is 719. The predicted molar refractivity (Wildman–Crippen MR) is 78.3 cm³/mol. The Hall–Kier alpha value is -2.60. The van der Waals surface area contributed by atoms with Gasteiger partial charge in [-0.1, -0.05) is 28.9 Å². The minimum atomic E-state index is -0.696. The molecule has 5 nitrogen and oxygen atoms in total. The van der Waals surface area contributed by atoms with Gasteiger partial charge in [-0.25, -0.2) is 4.39 Å². The highest BCUT2D eigenvalue weighted by Gasteiger charge is 2.15. The number of amidine groups is 1. The fraction of sp³-hybridized carbons (Fsp3) is 0. The van der Waals surface area contributed by atoms with Gasteiger partial charge >= 0.3 is 0 Å². The number of nitrogens with one attached hydrogen (secondary N) is 1. The van der Waals surface area contributed by atoms with Crippen LogP contribution in [0.3, 0.4) is 0 Å². The smallest absolute Gasteiger partial charge is 0.258 e. The van der Waals surface area contributed by atoms with Gasteiger partial charge in [0.25, 0.3) is 5.91 Å². The van der Waals surface area contributed by atoms with Crippen molar-refractivity contribution in [3.63, 3.8) is 0 Å². The second-order valence-electron chi connectivity index (χ2n) is 4.11. The first-order valence-electron chi connectivity index (χ1n) is 5.86. The third-order valence-corrected chi connectivity index (χ3v) is 2.97. The molecule has 0 atom stereocenters. The van der Waals surface area contributed by atoms with Crippen LogP contribution in [0.1, 0.15) is 15.9 Å². The van der Waals surface area contributed by atoms with E-state index in [0.29, 0.717) is 5.56 Å². The maximum absolute atomic E-state index is 13.6. The molecule has 0 saturated heterocycles. The van der Waals surface area contributed by atoms with Crippen molar-refractivity contribution < 1.29 is 14.4 Å². The van der Waals surface area contributed by atoms with Gasteiger partial charge in [0, 0.05) is 10.6 Å². The van der Waals surface area contributed by atoms with Gasteiger partial charge in [-0.3, -0.25) is 4.79 Å². The number of nitrogens with zero attached hydrogens (tertiary/aromatic N) is 1. The van der Waals surface area contributed by atoms with Gasteiger partial charge in [-0.2, -0.15) is 0 Å². The monoisotopic (exact) mass is 307 g/mol. The first-order valence-corrected chi connectivity index (χ1v) is 6.24. The van der Waals surface area contributed by atoms with E-state index in [-0.39, 0.29) is 22.1 Å². The summed E-state index contributed by atoms with van der Waals surface area (Å²) >= 11 is 5.75. The molecule has 4 N–H and O–H groups in total. The average molecular weight is 308 g/mol. The molecule has 0 heterocycles. The molecule has 0 aliphatic rings. The molecule has 108 valence electrons. The molecule has 0 aliphatic heterocycles. The number of rotatable bonds is 3. The summed E-state index contributed by atoms with van der Waals surface area (Å²) < 4.78 is 13.6. The molecule has 0 fully saturated rings. The molecule has 0 saturated carbocycles. The van der Waals surface area contributed by atoms with E-state index < -0.39 is 11.7 Å². The van der Waals surface area contributed by atoms with E-state index in [1.54, 1.807) is 24.3 Å². The van der Waals surface area contributed by atoms with Gasteiger partial charge in [0.05, 0.1) is 11.3 Å². The number of halogens is 2. The number of oxime groups is 1. The van der Waals surface area contributed by atoms with Crippen LogP contribution in [0.25, 0.3) is 0 Å². The second kappa shape index (κ2) is 6.23. The zero-order chi connectivity index (χ0) is 15.4. The summed E-state index contributed by atoms with van der Waals surface area (Å²) in [6.45, 7) is 0. The second-order valence-corrected chi connectivity index (χ2v) is 4.55. The van der Waals surface area contributed by atoms with Crippen LogP contribution >= 0.6 is 11.6 Å². The summed E-state index contributed by atoms with van der Waals surface area (Å²) in [6.07, 6.45) is 0. The van der Waals surface area contributed by atoms with Crippen molar-refractivity contribution in [3.8, 4) is 0 Å². The molecule has 0 radical (unpaired) electrons. The Labute approximate surface area is 124 Å². The largest absolute Gasteiger partial charge is 0.409 e. The van der Waals surface area contributed by atoms with Gasteiger partial charge in [0.1, 0.15) is 5.82 Å². The maximum Gasteiger partial charge on any atom is 0.258 e. The number of amides is 1. The molecule has 0 aliphatic carbocycles. The number of para-hydroxylation sites is 1. The van der Waals surface area contributed by atoms with Crippen molar-refractivity contribution in [2.45, 2.75) is 0 Å². The number of nitrogens with two attached hydrogens (primary N) is 1. The van der Waals surface area contributed by atoms with E-state index >= 15 is 0 Å². The van der Waals surface area contributed by atoms with Crippen LogP contribution < -0.4 is 11.1 Å². The van der Waals surface area contributed by atoms with Crippen LogP contribution in [0.15, 0.2) is 47.6 Å². The normalized spacial score (nSPS) is 11.2. The zero-order valence-electron chi connectivity index (χ0n) is 10.7. The van der Waals surface area contributed by atoms with Gasteiger partial charge in [0.15, 0.2) is 5.84 Å². The van der Waals surface area contributed by atoms with Gasteiger partial charge < -0.3 is 16.3 Å². The van der Waals surface area contributed by atoms with Crippen molar-refractivity contribution in [3.05, 3.63) is 64.4 Å². The minimum absolute atomic E-state index is 0.169. The number of hydrogen-bond donors (Lipinski definition) is 3. The summed E-state index contributed by atoms with van der Waals surface area (Å²) in [5.41, 5.74) is 5.92. The number of carbonyl (C=O) groups excluding carboxylic acids is 1. The van der Waals surface area contributed by atoms with Crippen LogP contribution in [-0.2, 0) is 0 Å². The molecule has 2 rings (SSSR count). The van der Waals surface area contributed by atoms with Gasteiger partial charge in [-0.15, -0.1) is 0 Å². The number of hydrogen-bond acceptors (Lipinski definition) is 3. The Morgan fingerprint density at radius 1 is 1.24 bits per heavy atom. The summed E-state index contributed by atoms with van der Waals surface area (Å²) in [5.74, 6) is -1.55. The molecule has 1 amide bonds. The molecule has 21 heavy (non-hydrogen) atoms. The minimum Gasteiger partial charge on any atom is -0.409 e. The molecular weight excluding hydrogens is 297 g/mol. The summed E-state index contributed by atoms with van der Waals surface area (Å²) in [5, 5.41) is 14.3. The van der Waals surface area contributed by atoms with Crippen molar-refractivity contribution in [1.29, 1.82) is 0 Å². The van der Waals surface area contributed by atoms with Crippen LogP contribution in [0.2, 0.25) is 5.02 Å². The highest BCUT2D eigenvalue weighted by Crippen LogP contribution is 2.19. The standard InChI is InChI=1S/C14H11ClFN3O2/c15-8-5-6-11(16)10(7-8)14(20)18-12-4-2-1-3-9(12)13(17)19-21/h1-7,21H,(H2,17,19)(H,18,20). The first-order chi connectivity index (χ1) is 10.0. The van der Waals surface area contributed by atoms with Crippen molar-refractivity contribution in [2.24, 2.45) is 10.9 Å². The van der Waals surface area contributed by atoms with Crippen molar-refractivity contribution in [2.75, 3.05) is 5.32 Å². The maximum atomic E-state index is 13.6. The quantitative estimate of drug-likeness (QED) is 0.352.